The standard InChI is InChI=1S/C14H9BrF5N/c15-10-6-9(16)7-11(17)12(10)21-13(14(18,19)20)8-4-2-1-3-5-8/h1-7,13,21H. The molecule has 0 fully saturated rings. The van der Waals surface area contributed by atoms with Crippen LogP contribution in [0.4, 0.5) is 27.6 Å². The Morgan fingerprint density at radius 1 is 1.00 bits per heavy atom. The first-order valence-corrected chi connectivity index (χ1v) is 6.61. The number of hydrogen-bond donors (Lipinski definition) is 1. The van der Waals surface area contributed by atoms with Crippen molar-refractivity contribution in [2.45, 2.75) is 12.2 Å². The third kappa shape index (κ3) is 3.72. The van der Waals surface area contributed by atoms with Gasteiger partial charge in [-0.1, -0.05) is 30.3 Å². The number of hydrogen-bond acceptors (Lipinski definition) is 1. The molecule has 0 heterocycles. The van der Waals surface area contributed by atoms with Crippen LogP contribution in [0.2, 0.25) is 0 Å². The van der Waals surface area contributed by atoms with Crippen molar-refractivity contribution in [2.75, 3.05) is 5.32 Å². The summed E-state index contributed by atoms with van der Waals surface area (Å²) in [6, 6.07) is 6.34. The highest BCUT2D eigenvalue weighted by Crippen LogP contribution is 2.38. The van der Waals surface area contributed by atoms with Gasteiger partial charge >= 0.3 is 6.18 Å². The number of rotatable bonds is 3. The van der Waals surface area contributed by atoms with E-state index in [2.05, 4.69) is 21.2 Å². The summed E-state index contributed by atoms with van der Waals surface area (Å²) >= 11 is 2.86. The van der Waals surface area contributed by atoms with Crippen molar-refractivity contribution >= 4 is 21.6 Å². The molecule has 1 nitrogen and oxygen atoms in total. The molecule has 21 heavy (non-hydrogen) atoms. The van der Waals surface area contributed by atoms with Gasteiger partial charge in [0, 0.05) is 10.5 Å². The molecule has 0 aliphatic heterocycles. The Hall–Kier alpha value is -1.63. The lowest BCUT2D eigenvalue weighted by Crippen LogP contribution is -2.28. The van der Waals surface area contributed by atoms with Gasteiger partial charge in [-0.05, 0) is 27.6 Å². The fourth-order valence-electron chi connectivity index (χ4n) is 1.82. The maximum Gasteiger partial charge on any atom is 0.412 e. The molecular weight excluding hydrogens is 357 g/mol. The summed E-state index contributed by atoms with van der Waals surface area (Å²) in [4.78, 5) is 0. The zero-order valence-corrected chi connectivity index (χ0v) is 12.0. The minimum Gasteiger partial charge on any atom is -0.367 e. The van der Waals surface area contributed by atoms with Crippen LogP contribution < -0.4 is 5.32 Å². The quantitative estimate of drug-likeness (QED) is 0.713. The predicted molar refractivity (Wildman–Crippen MR) is 72.9 cm³/mol. The van der Waals surface area contributed by atoms with E-state index >= 15 is 0 Å². The molecule has 0 bridgehead atoms. The number of nitrogens with one attached hydrogen (secondary N) is 1. The van der Waals surface area contributed by atoms with Crippen molar-refractivity contribution in [1.82, 2.24) is 0 Å². The van der Waals surface area contributed by atoms with Gasteiger partial charge in [-0.15, -0.1) is 0 Å². The van der Waals surface area contributed by atoms with Crippen LogP contribution in [-0.2, 0) is 0 Å². The lowest BCUT2D eigenvalue weighted by molar-refractivity contribution is -0.144. The van der Waals surface area contributed by atoms with E-state index in [9.17, 15) is 22.0 Å². The molecule has 1 N–H and O–H groups in total. The molecule has 0 saturated carbocycles. The maximum atomic E-state index is 13.7. The van der Waals surface area contributed by atoms with Crippen molar-refractivity contribution in [3.8, 4) is 0 Å². The van der Waals surface area contributed by atoms with E-state index in [1.54, 1.807) is 6.07 Å². The second kappa shape index (κ2) is 6.01. The van der Waals surface area contributed by atoms with E-state index in [-0.39, 0.29) is 10.0 Å². The number of alkyl halides is 3. The lowest BCUT2D eigenvalue weighted by Gasteiger charge is -2.24. The molecule has 2 aromatic carbocycles. The Bertz CT molecular complexity index is 604. The maximum absolute atomic E-state index is 13.7. The SMILES string of the molecule is Fc1cc(F)c(NC(c2ccccc2)C(F)(F)F)c(Br)c1. The van der Waals surface area contributed by atoms with E-state index in [4.69, 9.17) is 0 Å². The molecule has 1 unspecified atom stereocenters. The second-order valence-corrected chi connectivity index (χ2v) is 5.13. The van der Waals surface area contributed by atoms with Crippen LogP contribution in [0.3, 0.4) is 0 Å². The van der Waals surface area contributed by atoms with Gasteiger partial charge in [-0.25, -0.2) is 8.78 Å². The van der Waals surface area contributed by atoms with E-state index in [0.29, 0.717) is 6.07 Å². The number of anilines is 1. The first-order valence-electron chi connectivity index (χ1n) is 5.82. The zero-order chi connectivity index (χ0) is 15.6. The molecule has 112 valence electrons. The summed E-state index contributed by atoms with van der Waals surface area (Å²) in [5, 5.41) is 2.09. The summed E-state index contributed by atoms with van der Waals surface area (Å²) in [6.07, 6.45) is -4.64. The van der Waals surface area contributed by atoms with E-state index in [1.807, 2.05) is 0 Å². The Morgan fingerprint density at radius 3 is 2.14 bits per heavy atom. The Balaban J connectivity index is 2.42. The molecule has 2 aromatic rings. The molecule has 1 atom stereocenters. The first kappa shape index (κ1) is 15.8. The summed E-state index contributed by atoms with van der Waals surface area (Å²) in [5.41, 5.74) is -0.511. The second-order valence-electron chi connectivity index (χ2n) is 4.27. The Kier molecular flexibility index (Phi) is 4.51. The van der Waals surface area contributed by atoms with Gasteiger partial charge in [0.25, 0.3) is 0 Å². The van der Waals surface area contributed by atoms with Crippen molar-refractivity contribution in [1.29, 1.82) is 0 Å². The molecule has 0 aliphatic rings. The highest BCUT2D eigenvalue weighted by molar-refractivity contribution is 9.10. The van der Waals surface area contributed by atoms with Gasteiger partial charge in [0.2, 0.25) is 0 Å². The number of benzene rings is 2. The average molecular weight is 366 g/mol. The molecule has 0 saturated heterocycles. The van der Waals surface area contributed by atoms with Crippen LogP contribution in [0.25, 0.3) is 0 Å². The summed E-state index contributed by atoms with van der Waals surface area (Å²) in [6.45, 7) is 0. The molecule has 0 aromatic heterocycles. The molecule has 0 spiro atoms. The van der Waals surface area contributed by atoms with Gasteiger partial charge in [-0.3, -0.25) is 0 Å². The minimum absolute atomic E-state index is 0.0689. The average Bonchev–Trinajstić information content (AvgIpc) is 2.37. The Labute approximate surface area is 125 Å². The normalized spacial score (nSPS) is 13.0. The van der Waals surface area contributed by atoms with Crippen LogP contribution in [0.5, 0.6) is 0 Å². The first-order chi connectivity index (χ1) is 9.79. The highest BCUT2D eigenvalue weighted by atomic mass is 79.9. The molecule has 0 amide bonds. The summed E-state index contributed by atoms with van der Waals surface area (Å²) in [5.74, 6) is -1.99. The minimum atomic E-state index is -4.64. The monoisotopic (exact) mass is 365 g/mol. The van der Waals surface area contributed by atoms with Gasteiger partial charge in [0.1, 0.15) is 17.7 Å². The third-order valence-electron chi connectivity index (χ3n) is 2.76. The topological polar surface area (TPSA) is 12.0 Å². The largest absolute Gasteiger partial charge is 0.412 e. The van der Waals surface area contributed by atoms with E-state index in [0.717, 1.165) is 6.07 Å². The zero-order valence-electron chi connectivity index (χ0n) is 10.4. The lowest BCUT2D eigenvalue weighted by atomic mass is 10.1. The van der Waals surface area contributed by atoms with Crippen molar-refractivity contribution in [2.24, 2.45) is 0 Å². The van der Waals surface area contributed by atoms with E-state index < -0.39 is 29.5 Å². The summed E-state index contributed by atoms with van der Waals surface area (Å²) < 4.78 is 66.0. The highest BCUT2D eigenvalue weighted by Gasteiger charge is 2.41. The molecule has 2 rings (SSSR count). The molecule has 0 aliphatic carbocycles. The fraction of sp³-hybridized carbons (Fsp3) is 0.143. The van der Waals surface area contributed by atoms with E-state index in [1.165, 1.54) is 24.3 Å². The van der Waals surface area contributed by atoms with Crippen LogP contribution in [-0.4, -0.2) is 6.18 Å². The van der Waals surface area contributed by atoms with Crippen molar-refractivity contribution in [3.05, 3.63) is 64.1 Å². The molecular formula is C14H9BrF5N. The van der Waals surface area contributed by atoms with Gasteiger partial charge < -0.3 is 5.32 Å². The molecule has 0 radical (unpaired) electrons. The van der Waals surface area contributed by atoms with Gasteiger partial charge in [-0.2, -0.15) is 13.2 Å². The Morgan fingerprint density at radius 2 is 1.62 bits per heavy atom. The van der Waals surface area contributed by atoms with Gasteiger partial charge in [0.05, 0.1) is 5.69 Å². The molecule has 7 heteroatoms. The van der Waals surface area contributed by atoms with Gasteiger partial charge in [0.15, 0.2) is 0 Å². The third-order valence-corrected chi connectivity index (χ3v) is 3.38. The van der Waals surface area contributed by atoms with Crippen LogP contribution in [0, 0.1) is 11.6 Å². The summed E-state index contributed by atoms with van der Waals surface area (Å²) in [7, 11) is 0. The van der Waals surface area contributed by atoms with Crippen LogP contribution in [0.15, 0.2) is 46.9 Å². The van der Waals surface area contributed by atoms with Crippen LogP contribution >= 0.6 is 15.9 Å². The fourth-order valence-corrected chi connectivity index (χ4v) is 2.35. The number of halogens is 6. The van der Waals surface area contributed by atoms with Crippen molar-refractivity contribution in [3.63, 3.8) is 0 Å². The van der Waals surface area contributed by atoms with Crippen LogP contribution in [0.1, 0.15) is 11.6 Å². The van der Waals surface area contributed by atoms with Crippen molar-refractivity contribution < 1.29 is 22.0 Å². The predicted octanol–water partition coefficient (Wildman–Crippen LogP) is 5.44. The smallest absolute Gasteiger partial charge is 0.367 e.